The average Bonchev–Trinajstić information content (AvgIpc) is 4.16. The Bertz CT molecular complexity index is 1940. The minimum Gasteiger partial charge on any atom is -0.508 e. The molecular formula is C43H64N10O12S. The number of benzene rings is 1. The van der Waals surface area contributed by atoms with Crippen LogP contribution in [0.1, 0.15) is 76.2 Å². The number of aliphatic hydroxyl groups excluding tert-OH is 1. The molecule has 23 heteroatoms. The molecular weight excluding hydrogens is 881 g/mol. The Kier molecular flexibility index (Phi) is 19.0. The number of amides is 8. The van der Waals surface area contributed by atoms with Crippen LogP contribution in [-0.4, -0.2) is 188 Å². The highest BCUT2D eigenvalue weighted by atomic mass is 32.1. The second-order valence-electron chi connectivity index (χ2n) is 17.2. The molecule has 66 heavy (non-hydrogen) atoms. The van der Waals surface area contributed by atoms with E-state index >= 15 is 0 Å². The van der Waals surface area contributed by atoms with Crippen molar-refractivity contribution in [2.24, 2.45) is 11.5 Å². The van der Waals surface area contributed by atoms with Crippen molar-refractivity contribution in [1.29, 1.82) is 0 Å². The van der Waals surface area contributed by atoms with Crippen LogP contribution < -0.4 is 32.7 Å². The van der Waals surface area contributed by atoms with Gasteiger partial charge in [0.2, 0.25) is 47.3 Å². The molecule has 364 valence electrons. The molecule has 5 rings (SSSR count). The molecule has 0 saturated carbocycles. The molecule has 0 unspecified atom stereocenters. The van der Waals surface area contributed by atoms with E-state index in [1.807, 2.05) is 0 Å². The van der Waals surface area contributed by atoms with Gasteiger partial charge in [0.1, 0.15) is 48.0 Å². The van der Waals surface area contributed by atoms with Gasteiger partial charge in [0.15, 0.2) is 0 Å². The fraction of sp³-hybridized carbons (Fsp3) is 0.651. The van der Waals surface area contributed by atoms with E-state index in [1.165, 1.54) is 26.8 Å². The smallest absolute Gasteiger partial charge is 0.326 e. The standard InChI is InChI=1S/C43H64N10O12S/c44-16-2-1-7-27(45)36(57)47-28(21-25-12-14-26(55)15-13-25)37(58)46-22-35(56)50-17-5-10-33(50)42(63)52-19-4-9-32(52)39(60)49-30(24-66)41(62)51-18-3-8-31(51)38(59)48-29(23-54)40(61)53-20-6-11-34(53)43(64)65/h12-15,27-34,54-55,66H,1-11,16-24,44-45H2,(H,46,58)(H,47,57)(H,48,59)(H,49,60)(H,64,65)/t27-,28-,29-,30-,31-,32-,33-,34-/m0/s1. The zero-order valence-corrected chi connectivity index (χ0v) is 37.9. The van der Waals surface area contributed by atoms with Crippen molar-refractivity contribution in [3.8, 4) is 5.75 Å². The summed E-state index contributed by atoms with van der Waals surface area (Å²) in [6, 6.07) is -2.61. The summed E-state index contributed by atoms with van der Waals surface area (Å²) < 4.78 is 0. The molecule has 0 aromatic heterocycles. The summed E-state index contributed by atoms with van der Waals surface area (Å²) in [4.78, 5) is 125. The summed E-state index contributed by atoms with van der Waals surface area (Å²) in [5.74, 6) is -6.27. The first-order valence-corrected chi connectivity index (χ1v) is 23.3. The van der Waals surface area contributed by atoms with Crippen LogP contribution in [0.4, 0.5) is 0 Å². The van der Waals surface area contributed by atoms with Gasteiger partial charge in [-0.3, -0.25) is 38.4 Å². The highest BCUT2D eigenvalue weighted by Gasteiger charge is 2.45. The fourth-order valence-electron chi connectivity index (χ4n) is 9.10. The second-order valence-corrected chi connectivity index (χ2v) is 17.5. The predicted octanol–water partition coefficient (Wildman–Crippen LogP) is -3.07. The minimum absolute atomic E-state index is 0.0166. The minimum atomic E-state index is -1.43. The lowest BCUT2D eigenvalue weighted by Gasteiger charge is -2.33. The molecule has 1 aromatic carbocycles. The monoisotopic (exact) mass is 944 g/mol. The molecule has 22 nitrogen and oxygen atoms in total. The number of likely N-dealkylation sites (tertiary alicyclic amines) is 4. The number of carboxylic acid groups (broad SMARTS) is 1. The van der Waals surface area contributed by atoms with Crippen LogP contribution in [0.25, 0.3) is 0 Å². The number of carbonyl (C=O) groups is 9. The molecule has 4 aliphatic rings. The van der Waals surface area contributed by atoms with Gasteiger partial charge in [0.05, 0.1) is 19.2 Å². The number of phenols is 1. The highest BCUT2D eigenvalue weighted by molar-refractivity contribution is 7.80. The molecule has 4 fully saturated rings. The van der Waals surface area contributed by atoms with Crippen LogP contribution in [0.5, 0.6) is 5.75 Å². The van der Waals surface area contributed by atoms with E-state index in [-0.39, 0.29) is 63.4 Å². The quantitative estimate of drug-likeness (QED) is 0.0432. The first-order chi connectivity index (χ1) is 31.6. The third-order valence-corrected chi connectivity index (χ3v) is 13.0. The van der Waals surface area contributed by atoms with Crippen LogP contribution in [0.3, 0.4) is 0 Å². The van der Waals surface area contributed by atoms with Crippen LogP contribution in [0, 0.1) is 0 Å². The molecule has 4 heterocycles. The first-order valence-electron chi connectivity index (χ1n) is 22.7. The van der Waals surface area contributed by atoms with Gasteiger partial charge >= 0.3 is 5.97 Å². The van der Waals surface area contributed by atoms with E-state index in [0.717, 1.165) is 4.90 Å². The van der Waals surface area contributed by atoms with E-state index in [0.29, 0.717) is 63.5 Å². The van der Waals surface area contributed by atoms with E-state index in [1.54, 1.807) is 12.1 Å². The van der Waals surface area contributed by atoms with Gasteiger partial charge in [0, 0.05) is 38.4 Å². The SMILES string of the molecule is NCCCC[C@H](N)C(=O)N[C@@H](Cc1ccc(O)cc1)C(=O)NCC(=O)N1CCC[C@H]1C(=O)N1CCC[C@H]1C(=O)N[C@@H](CS)C(=O)N1CCC[C@H]1C(=O)N[C@@H](CO)C(=O)N1CCC[C@H]1C(=O)O. The van der Waals surface area contributed by atoms with Gasteiger partial charge in [-0.25, -0.2) is 4.79 Å². The lowest BCUT2D eigenvalue weighted by molar-refractivity contribution is -0.150. The Balaban J connectivity index is 1.17. The summed E-state index contributed by atoms with van der Waals surface area (Å²) in [7, 11) is 0. The molecule has 0 bridgehead atoms. The van der Waals surface area contributed by atoms with Crippen molar-refractivity contribution in [1.82, 2.24) is 40.9 Å². The summed E-state index contributed by atoms with van der Waals surface area (Å²) >= 11 is 4.31. The Labute approximate surface area is 388 Å². The third kappa shape index (κ3) is 12.9. The summed E-state index contributed by atoms with van der Waals surface area (Å²) in [5, 5.41) is 39.7. The number of carboxylic acids is 1. The van der Waals surface area contributed by atoms with Crippen molar-refractivity contribution in [3.63, 3.8) is 0 Å². The number of aliphatic carboxylic acids is 1. The Hall–Kier alpha value is -5.52. The number of aromatic hydroxyl groups is 1. The zero-order chi connectivity index (χ0) is 48.1. The topological polar surface area (TPSA) is 327 Å². The number of hydrogen-bond donors (Lipinski definition) is 10. The van der Waals surface area contributed by atoms with E-state index in [4.69, 9.17) is 11.5 Å². The number of phenolic OH excluding ortho intramolecular Hbond substituents is 1. The molecule has 4 aliphatic heterocycles. The molecule has 0 radical (unpaired) electrons. The van der Waals surface area contributed by atoms with Crippen LogP contribution in [-0.2, 0) is 49.6 Å². The molecule has 4 saturated heterocycles. The number of nitrogens with two attached hydrogens (primary N) is 2. The van der Waals surface area contributed by atoms with Crippen LogP contribution >= 0.6 is 12.6 Å². The van der Waals surface area contributed by atoms with Crippen molar-refractivity contribution < 1.29 is 58.5 Å². The normalized spacial score (nSPS) is 22.3. The zero-order valence-electron chi connectivity index (χ0n) is 37.0. The fourth-order valence-corrected chi connectivity index (χ4v) is 9.34. The Morgan fingerprint density at radius 1 is 0.682 bits per heavy atom. The summed E-state index contributed by atoms with van der Waals surface area (Å²) in [6.45, 7) is -0.101. The molecule has 0 spiro atoms. The molecule has 8 atom stereocenters. The number of unbranched alkanes of at least 4 members (excludes halogenated alkanes) is 1. The number of hydrogen-bond acceptors (Lipinski definition) is 14. The number of aliphatic hydroxyl groups is 1. The Morgan fingerprint density at radius 3 is 1.80 bits per heavy atom. The maximum Gasteiger partial charge on any atom is 0.326 e. The lowest BCUT2D eigenvalue weighted by Crippen LogP contribution is -2.59. The Morgan fingerprint density at radius 2 is 1.21 bits per heavy atom. The number of nitrogens with zero attached hydrogens (tertiary/aromatic N) is 4. The number of rotatable bonds is 21. The van der Waals surface area contributed by atoms with Crippen molar-refractivity contribution in [3.05, 3.63) is 29.8 Å². The van der Waals surface area contributed by atoms with E-state index in [2.05, 4.69) is 33.9 Å². The van der Waals surface area contributed by atoms with E-state index < -0.39 is 115 Å². The van der Waals surface area contributed by atoms with E-state index in [9.17, 15) is 58.5 Å². The van der Waals surface area contributed by atoms with Crippen LogP contribution in [0.15, 0.2) is 24.3 Å². The van der Waals surface area contributed by atoms with Gasteiger partial charge in [-0.15, -0.1) is 0 Å². The van der Waals surface area contributed by atoms with Crippen molar-refractivity contribution in [2.45, 2.75) is 125 Å². The molecule has 8 amide bonds. The maximum atomic E-state index is 14.1. The van der Waals surface area contributed by atoms with Gasteiger partial charge in [0.25, 0.3) is 0 Å². The van der Waals surface area contributed by atoms with Gasteiger partial charge in [-0.05, 0) is 88.4 Å². The maximum absolute atomic E-state index is 14.1. The predicted molar refractivity (Wildman–Crippen MR) is 239 cm³/mol. The molecule has 11 N–H and O–H groups in total. The third-order valence-electron chi connectivity index (χ3n) is 12.7. The lowest BCUT2D eigenvalue weighted by atomic mass is 10.0. The molecule has 0 aliphatic carbocycles. The van der Waals surface area contributed by atoms with Crippen molar-refractivity contribution >= 4 is 65.9 Å². The molecule has 1 aromatic rings. The highest BCUT2D eigenvalue weighted by Crippen LogP contribution is 2.26. The number of thiol groups is 1. The van der Waals surface area contributed by atoms with Crippen LogP contribution in [0.2, 0.25) is 0 Å². The van der Waals surface area contributed by atoms with Gasteiger partial charge in [-0.2, -0.15) is 12.6 Å². The average molecular weight is 945 g/mol. The summed E-state index contributed by atoms with van der Waals surface area (Å²) in [5.41, 5.74) is 12.3. The largest absolute Gasteiger partial charge is 0.508 e. The number of carbonyl (C=O) groups excluding carboxylic acids is 8. The van der Waals surface area contributed by atoms with Crippen molar-refractivity contribution in [2.75, 3.05) is 51.6 Å². The number of nitrogens with one attached hydrogen (secondary N) is 4. The summed E-state index contributed by atoms with van der Waals surface area (Å²) in [6.07, 6.45) is 4.55. The second kappa shape index (κ2) is 24.3. The first kappa shape index (κ1) is 51.5. The van der Waals surface area contributed by atoms with Gasteiger partial charge < -0.3 is 67.7 Å². The van der Waals surface area contributed by atoms with Gasteiger partial charge in [-0.1, -0.05) is 18.6 Å².